The molecule has 1 aromatic heterocycles. The maximum atomic E-state index is 13.4. The monoisotopic (exact) mass is 542 g/mol. The summed E-state index contributed by atoms with van der Waals surface area (Å²) < 4.78 is 61.6. The summed E-state index contributed by atoms with van der Waals surface area (Å²) >= 11 is 0. The summed E-state index contributed by atoms with van der Waals surface area (Å²) in [6, 6.07) is 17.7. The zero-order chi connectivity index (χ0) is 26.8. The van der Waals surface area contributed by atoms with Crippen LogP contribution >= 0.6 is 0 Å². The van der Waals surface area contributed by atoms with E-state index < -0.39 is 36.9 Å². The van der Waals surface area contributed by atoms with Crippen LogP contribution < -0.4 is 4.72 Å². The van der Waals surface area contributed by atoms with E-state index in [0.29, 0.717) is 5.56 Å². The zero-order valence-corrected chi connectivity index (χ0v) is 21.1. The third-order valence-corrected chi connectivity index (χ3v) is 8.82. The fourth-order valence-corrected chi connectivity index (χ4v) is 6.54. The number of nitrogens with one attached hydrogen (secondary N) is 1. The Labute approximate surface area is 213 Å². The average molecular weight is 543 g/mol. The van der Waals surface area contributed by atoms with E-state index in [1.165, 1.54) is 42.5 Å². The Balaban J connectivity index is 1.76. The van der Waals surface area contributed by atoms with Gasteiger partial charge in [-0.05, 0) is 48.4 Å². The molecule has 0 aliphatic heterocycles. The minimum atomic E-state index is -4.30. The van der Waals surface area contributed by atoms with Crippen molar-refractivity contribution in [3.05, 3.63) is 95.7 Å². The number of fused-ring (bicyclic) bond motifs is 1. The summed E-state index contributed by atoms with van der Waals surface area (Å²) in [6.45, 7) is -0.0623. The first-order valence-electron chi connectivity index (χ1n) is 10.9. The van der Waals surface area contributed by atoms with Gasteiger partial charge in [-0.15, -0.1) is 0 Å². The lowest BCUT2D eigenvalue weighted by Crippen LogP contribution is -2.26. The molecule has 192 valence electrons. The van der Waals surface area contributed by atoms with Crippen molar-refractivity contribution < 1.29 is 36.3 Å². The van der Waals surface area contributed by atoms with E-state index in [1.54, 1.807) is 30.3 Å². The summed E-state index contributed by atoms with van der Waals surface area (Å²) in [4.78, 5) is 23.0. The Bertz CT molecular complexity index is 1690. The highest BCUT2D eigenvalue weighted by molar-refractivity contribution is 7.91. The fourth-order valence-electron chi connectivity index (χ4n) is 3.83. The summed E-state index contributed by atoms with van der Waals surface area (Å²) in [5.74, 6) is -1.90. The topological polar surface area (TPSA) is 149 Å². The van der Waals surface area contributed by atoms with Crippen molar-refractivity contribution >= 4 is 42.9 Å². The van der Waals surface area contributed by atoms with Gasteiger partial charge in [-0.1, -0.05) is 36.4 Å². The molecule has 1 heterocycles. The lowest BCUT2D eigenvalue weighted by Gasteiger charge is -2.08. The molecule has 3 aromatic carbocycles. The van der Waals surface area contributed by atoms with Crippen LogP contribution in [0.5, 0.6) is 0 Å². The summed E-state index contributed by atoms with van der Waals surface area (Å²) in [5, 5.41) is 8.92. The highest BCUT2D eigenvalue weighted by atomic mass is 32.2. The van der Waals surface area contributed by atoms with Crippen molar-refractivity contribution in [3.63, 3.8) is 0 Å². The zero-order valence-electron chi connectivity index (χ0n) is 19.5. The fraction of sp³-hybridized carbons (Fsp3) is 0.120. The van der Waals surface area contributed by atoms with E-state index in [2.05, 4.69) is 4.72 Å². The first-order chi connectivity index (χ1) is 17.6. The minimum Gasteiger partial charge on any atom is -0.478 e. The molecule has 12 heteroatoms. The number of ether oxygens (including phenoxy) is 1. The number of aromatic carboxylic acids is 1. The Hall–Kier alpha value is -4.00. The molecule has 4 aromatic rings. The van der Waals surface area contributed by atoms with Gasteiger partial charge < -0.3 is 9.84 Å². The van der Waals surface area contributed by atoms with Crippen LogP contribution in [0.2, 0.25) is 0 Å². The van der Waals surface area contributed by atoms with Crippen LogP contribution in [0.4, 0.5) is 0 Å². The van der Waals surface area contributed by atoms with E-state index >= 15 is 0 Å². The molecule has 0 unspecified atom stereocenters. The average Bonchev–Trinajstić information content (AvgIpc) is 3.31. The maximum Gasteiger partial charge on any atom is 0.338 e. The van der Waals surface area contributed by atoms with Crippen LogP contribution in [0, 0.1) is 0 Å². The van der Waals surface area contributed by atoms with Crippen LogP contribution in [0.1, 0.15) is 26.3 Å². The number of carbonyl (C=O) groups excluding carboxylic acids is 1. The molecule has 0 aliphatic rings. The SMILES string of the molecule is COC(=O)c1cccc2c1c(S(=O)(=O)NCCc1ccc(C(=O)O)cc1)cn2S(=O)(=O)c1ccccc1. The third kappa shape index (κ3) is 5.12. The molecule has 0 saturated heterocycles. The number of esters is 1. The molecule has 0 bridgehead atoms. The summed E-state index contributed by atoms with van der Waals surface area (Å²) in [7, 11) is -7.37. The van der Waals surface area contributed by atoms with Gasteiger partial charge in [0.25, 0.3) is 10.0 Å². The lowest BCUT2D eigenvalue weighted by atomic mass is 10.1. The van der Waals surface area contributed by atoms with Gasteiger partial charge in [0, 0.05) is 18.1 Å². The minimum absolute atomic E-state index is 0.00334. The van der Waals surface area contributed by atoms with Gasteiger partial charge in [0.2, 0.25) is 10.0 Å². The number of hydrogen-bond acceptors (Lipinski definition) is 7. The van der Waals surface area contributed by atoms with Gasteiger partial charge in [0.1, 0.15) is 4.90 Å². The first-order valence-corrected chi connectivity index (χ1v) is 13.8. The van der Waals surface area contributed by atoms with Gasteiger partial charge in [-0.3, -0.25) is 0 Å². The number of aromatic nitrogens is 1. The second kappa shape index (κ2) is 10.2. The van der Waals surface area contributed by atoms with Crippen molar-refractivity contribution in [3.8, 4) is 0 Å². The molecule has 0 atom stereocenters. The van der Waals surface area contributed by atoms with Gasteiger partial charge in [0.15, 0.2) is 0 Å². The largest absolute Gasteiger partial charge is 0.478 e. The predicted molar refractivity (Wildman–Crippen MR) is 135 cm³/mol. The standard InChI is InChI=1S/C25H22N2O8S2/c1-35-25(30)20-8-5-9-21-23(20)22(16-27(21)37(33,34)19-6-3-2-4-7-19)36(31,32)26-15-14-17-10-12-18(13-11-17)24(28)29/h2-13,16,26H,14-15H2,1H3,(H,28,29). The number of benzene rings is 3. The highest BCUT2D eigenvalue weighted by Crippen LogP contribution is 2.32. The van der Waals surface area contributed by atoms with Crippen molar-refractivity contribution in [2.24, 2.45) is 0 Å². The van der Waals surface area contributed by atoms with Crippen molar-refractivity contribution in [1.82, 2.24) is 8.69 Å². The maximum absolute atomic E-state index is 13.4. The first kappa shape index (κ1) is 26.1. The summed E-state index contributed by atoms with van der Waals surface area (Å²) in [5.41, 5.74) is 0.687. The van der Waals surface area contributed by atoms with Gasteiger partial charge in [-0.25, -0.2) is 35.1 Å². The van der Waals surface area contributed by atoms with Gasteiger partial charge in [0.05, 0.1) is 28.6 Å². The highest BCUT2D eigenvalue weighted by Gasteiger charge is 2.29. The number of carboxylic acid groups (broad SMARTS) is 1. The van der Waals surface area contributed by atoms with Crippen molar-refractivity contribution in [2.75, 3.05) is 13.7 Å². The lowest BCUT2D eigenvalue weighted by molar-refractivity contribution is 0.0602. The summed E-state index contributed by atoms with van der Waals surface area (Å²) in [6.07, 6.45) is 1.22. The van der Waals surface area contributed by atoms with E-state index in [0.717, 1.165) is 17.3 Å². The van der Waals surface area contributed by atoms with Crippen LogP contribution in [-0.2, 0) is 31.2 Å². The van der Waals surface area contributed by atoms with Gasteiger partial charge in [-0.2, -0.15) is 0 Å². The number of rotatable bonds is 9. The molecule has 10 nitrogen and oxygen atoms in total. The number of carbonyl (C=O) groups is 2. The Morgan fingerprint density at radius 3 is 2.22 bits per heavy atom. The van der Waals surface area contributed by atoms with E-state index in [9.17, 15) is 26.4 Å². The smallest absolute Gasteiger partial charge is 0.338 e. The van der Waals surface area contributed by atoms with Crippen LogP contribution in [0.25, 0.3) is 10.9 Å². The Morgan fingerprint density at radius 2 is 1.59 bits per heavy atom. The van der Waals surface area contributed by atoms with Crippen LogP contribution in [0.15, 0.2) is 88.8 Å². The third-order valence-electron chi connectivity index (χ3n) is 5.66. The number of methoxy groups -OCH3 is 1. The van der Waals surface area contributed by atoms with E-state index in [-0.39, 0.29) is 39.9 Å². The number of nitrogens with zero attached hydrogens (tertiary/aromatic N) is 1. The Morgan fingerprint density at radius 1 is 0.919 bits per heavy atom. The predicted octanol–water partition coefficient (Wildman–Crippen LogP) is 2.88. The molecule has 0 spiro atoms. The molecule has 0 saturated carbocycles. The van der Waals surface area contributed by atoms with Crippen LogP contribution in [-0.4, -0.2) is 51.5 Å². The molecular formula is C25H22N2O8S2. The second-order valence-electron chi connectivity index (χ2n) is 7.95. The van der Waals surface area contributed by atoms with Crippen LogP contribution in [0.3, 0.4) is 0 Å². The second-order valence-corrected chi connectivity index (χ2v) is 11.5. The molecular weight excluding hydrogens is 520 g/mol. The van der Waals surface area contributed by atoms with E-state index in [1.807, 2.05) is 0 Å². The molecule has 37 heavy (non-hydrogen) atoms. The number of hydrogen-bond donors (Lipinski definition) is 2. The number of carboxylic acids is 1. The molecule has 0 amide bonds. The van der Waals surface area contributed by atoms with Gasteiger partial charge >= 0.3 is 11.9 Å². The number of sulfonamides is 1. The molecule has 4 rings (SSSR count). The van der Waals surface area contributed by atoms with Crippen molar-refractivity contribution in [2.45, 2.75) is 16.2 Å². The molecule has 2 N–H and O–H groups in total. The van der Waals surface area contributed by atoms with Crippen molar-refractivity contribution in [1.29, 1.82) is 0 Å². The quantitative estimate of drug-likeness (QED) is 0.307. The Kier molecular flexibility index (Phi) is 7.16. The molecule has 0 radical (unpaired) electrons. The molecule has 0 fully saturated rings. The normalized spacial score (nSPS) is 11.9. The molecule has 0 aliphatic carbocycles. The van der Waals surface area contributed by atoms with E-state index in [4.69, 9.17) is 9.84 Å².